The number of rotatable bonds is 4. The molecule has 0 aliphatic heterocycles. The number of aromatic nitrogens is 3. The van der Waals surface area contributed by atoms with Gasteiger partial charge in [0.1, 0.15) is 12.7 Å². The monoisotopic (exact) mass is 218 g/mol. The zero-order chi connectivity index (χ0) is 11.4. The molecule has 0 aliphatic rings. The lowest BCUT2D eigenvalue weighted by Crippen LogP contribution is -1.98. The van der Waals surface area contributed by atoms with Crippen LogP contribution >= 0.6 is 0 Å². The third-order valence-electron chi connectivity index (χ3n) is 2.27. The van der Waals surface area contributed by atoms with Crippen LogP contribution in [0.5, 0.6) is 0 Å². The van der Waals surface area contributed by atoms with Gasteiger partial charge in [-0.05, 0) is 12.0 Å². The van der Waals surface area contributed by atoms with Crippen LogP contribution in [0.4, 0.5) is 5.69 Å². The van der Waals surface area contributed by atoms with Crippen molar-refractivity contribution < 1.29 is 4.92 Å². The van der Waals surface area contributed by atoms with Gasteiger partial charge >= 0.3 is 0 Å². The van der Waals surface area contributed by atoms with Gasteiger partial charge < -0.3 is 4.57 Å². The largest absolute Gasteiger partial charge is 0.320 e. The van der Waals surface area contributed by atoms with E-state index < -0.39 is 4.92 Å². The van der Waals surface area contributed by atoms with Gasteiger partial charge in [0.15, 0.2) is 0 Å². The van der Waals surface area contributed by atoms with Crippen molar-refractivity contribution in [2.24, 2.45) is 0 Å². The van der Waals surface area contributed by atoms with Crippen LogP contribution in [-0.2, 0) is 13.0 Å². The van der Waals surface area contributed by atoms with Crippen LogP contribution in [-0.4, -0.2) is 19.7 Å². The van der Waals surface area contributed by atoms with Crippen molar-refractivity contribution in [3.8, 4) is 0 Å². The summed E-state index contributed by atoms with van der Waals surface area (Å²) in [4.78, 5) is 10.0. The van der Waals surface area contributed by atoms with E-state index in [9.17, 15) is 10.1 Å². The Labute approximate surface area is 91.7 Å². The lowest BCUT2D eigenvalue weighted by Gasteiger charge is -2.01. The Balaban J connectivity index is 1.98. The van der Waals surface area contributed by atoms with Crippen LogP contribution in [0.15, 0.2) is 36.9 Å². The van der Waals surface area contributed by atoms with Crippen molar-refractivity contribution in [1.29, 1.82) is 0 Å². The van der Waals surface area contributed by atoms with Crippen LogP contribution in [0.3, 0.4) is 0 Å². The van der Waals surface area contributed by atoms with Gasteiger partial charge in [-0.1, -0.05) is 12.1 Å². The molecule has 0 atom stereocenters. The smallest absolute Gasteiger partial charge is 0.269 e. The van der Waals surface area contributed by atoms with Crippen molar-refractivity contribution in [3.05, 3.63) is 52.6 Å². The average molecular weight is 218 g/mol. The molecule has 0 radical (unpaired) electrons. The first-order chi connectivity index (χ1) is 7.75. The van der Waals surface area contributed by atoms with Crippen LogP contribution in [0.25, 0.3) is 0 Å². The number of hydrogen-bond acceptors (Lipinski definition) is 4. The first kappa shape index (κ1) is 10.3. The fourth-order valence-corrected chi connectivity index (χ4v) is 1.38. The predicted octanol–water partition coefficient (Wildman–Crippen LogP) is 1.43. The van der Waals surface area contributed by atoms with Crippen LogP contribution < -0.4 is 0 Å². The molecule has 82 valence electrons. The van der Waals surface area contributed by atoms with E-state index in [1.54, 1.807) is 24.8 Å². The SMILES string of the molecule is O=[N+]([O-])c1ccc(CCn2cnnc2)cc1. The third-order valence-corrected chi connectivity index (χ3v) is 2.27. The van der Waals surface area contributed by atoms with E-state index in [1.165, 1.54) is 12.1 Å². The molecule has 2 aromatic rings. The average Bonchev–Trinajstić information content (AvgIpc) is 2.80. The molecule has 6 nitrogen and oxygen atoms in total. The topological polar surface area (TPSA) is 73.8 Å². The highest BCUT2D eigenvalue weighted by atomic mass is 16.6. The first-order valence-electron chi connectivity index (χ1n) is 4.81. The Kier molecular flexibility index (Phi) is 2.90. The molecule has 0 unspecified atom stereocenters. The maximum atomic E-state index is 10.4. The molecule has 1 aromatic carbocycles. The van der Waals surface area contributed by atoms with E-state index in [0.717, 1.165) is 18.5 Å². The molecule has 2 rings (SSSR count). The minimum atomic E-state index is -0.399. The van der Waals surface area contributed by atoms with E-state index in [4.69, 9.17) is 0 Å². The Hall–Kier alpha value is -2.24. The van der Waals surface area contributed by atoms with E-state index in [2.05, 4.69) is 10.2 Å². The zero-order valence-electron chi connectivity index (χ0n) is 8.48. The van der Waals surface area contributed by atoms with Gasteiger partial charge in [0.2, 0.25) is 0 Å². The Morgan fingerprint density at radius 2 is 1.81 bits per heavy atom. The van der Waals surface area contributed by atoms with Gasteiger partial charge in [-0.3, -0.25) is 10.1 Å². The lowest BCUT2D eigenvalue weighted by molar-refractivity contribution is -0.384. The minimum absolute atomic E-state index is 0.119. The summed E-state index contributed by atoms with van der Waals surface area (Å²) in [5, 5.41) is 17.8. The molecular formula is C10H10N4O2. The maximum Gasteiger partial charge on any atom is 0.269 e. The quantitative estimate of drug-likeness (QED) is 0.574. The minimum Gasteiger partial charge on any atom is -0.320 e. The van der Waals surface area contributed by atoms with E-state index >= 15 is 0 Å². The van der Waals surface area contributed by atoms with E-state index in [-0.39, 0.29) is 5.69 Å². The Morgan fingerprint density at radius 3 is 2.38 bits per heavy atom. The number of nitrogens with zero attached hydrogens (tertiary/aromatic N) is 4. The molecule has 6 heteroatoms. The molecule has 0 N–H and O–H groups in total. The molecule has 0 aliphatic carbocycles. The molecule has 1 aromatic heterocycles. The molecular weight excluding hydrogens is 208 g/mol. The normalized spacial score (nSPS) is 10.2. The summed E-state index contributed by atoms with van der Waals surface area (Å²) in [5.41, 5.74) is 1.17. The Bertz CT molecular complexity index is 464. The van der Waals surface area contributed by atoms with E-state index in [0.29, 0.717) is 0 Å². The second kappa shape index (κ2) is 4.52. The summed E-state index contributed by atoms with van der Waals surface area (Å²) in [6, 6.07) is 6.56. The molecule has 0 saturated heterocycles. The molecule has 0 spiro atoms. The summed E-state index contributed by atoms with van der Waals surface area (Å²) in [5.74, 6) is 0. The number of non-ortho nitro benzene ring substituents is 1. The van der Waals surface area contributed by atoms with Gasteiger partial charge in [0, 0.05) is 18.7 Å². The number of nitro benzene ring substituents is 1. The number of aryl methyl sites for hydroxylation is 2. The first-order valence-corrected chi connectivity index (χ1v) is 4.81. The van der Waals surface area contributed by atoms with Crippen LogP contribution in [0.2, 0.25) is 0 Å². The van der Waals surface area contributed by atoms with Crippen molar-refractivity contribution in [1.82, 2.24) is 14.8 Å². The van der Waals surface area contributed by atoms with Gasteiger partial charge in [-0.25, -0.2) is 0 Å². The van der Waals surface area contributed by atoms with Crippen LogP contribution in [0.1, 0.15) is 5.56 Å². The number of hydrogen-bond donors (Lipinski definition) is 0. The molecule has 1 heterocycles. The van der Waals surface area contributed by atoms with Gasteiger partial charge in [-0.2, -0.15) is 0 Å². The number of nitro groups is 1. The number of benzene rings is 1. The lowest BCUT2D eigenvalue weighted by atomic mass is 10.1. The zero-order valence-corrected chi connectivity index (χ0v) is 8.48. The maximum absolute atomic E-state index is 10.4. The summed E-state index contributed by atoms with van der Waals surface area (Å²) in [6.07, 6.45) is 4.09. The second-order valence-corrected chi connectivity index (χ2v) is 3.37. The molecule has 0 amide bonds. The second-order valence-electron chi connectivity index (χ2n) is 3.37. The summed E-state index contributed by atoms with van der Waals surface area (Å²) < 4.78 is 1.86. The third kappa shape index (κ3) is 2.41. The fraction of sp³-hybridized carbons (Fsp3) is 0.200. The highest BCUT2D eigenvalue weighted by Crippen LogP contribution is 2.12. The highest BCUT2D eigenvalue weighted by Gasteiger charge is 2.03. The van der Waals surface area contributed by atoms with Crippen LogP contribution in [0, 0.1) is 10.1 Å². The molecule has 16 heavy (non-hydrogen) atoms. The van der Waals surface area contributed by atoms with E-state index in [1.807, 2.05) is 4.57 Å². The van der Waals surface area contributed by atoms with Crippen molar-refractivity contribution in [2.45, 2.75) is 13.0 Å². The van der Waals surface area contributed by atoms with Crippen molar-refractivity contribution in [3.63, 3.8) is 0 Å². The summed E-state index contributed by atoms with van der Waals surface area (Å²) in [7, 11) is 0. The molecule has 0 saturated carbocycles. The van der Waals surface area contributed by atoms with Gasteiger partial charge in [-0.15, -0.1) is 10.2 Å². The summed E-state index contributed by atoms with van der Waals surface area (Å²) in [6.45, 7) is 0.769. The summed E-state index contributed by atoms with van der Waals surface area (Å²) >= 11 is 0. The highest BCUT2D eigenvalue weighted by molar-refractivity contribution is 5.32. The van der Waals surface area contributed by atoms with Crippen molar-refractivity contribution in [2.75, 3.05) is 0 Å². The molecule has 0 bridgehead atoms. The van der Waals surface area contributed by atoms with Gasteiger partial charge in [0.25, 0.3) is 5.69 Å². The molecule has 0 fully saturated rings. The fourth-order valence-electron chi connectivity index (χ4n) is 1.38. The van der Waals surface area contributed by atoms with Gasteiger partial charge in [0.05, 0.1) is 4.92 Å². The predicted molar refractivity (Wildman–Crippen MR) is 56.8 cm³/mol. The Morgan fingerprint density at radius 1 is 1.19 bits per heavy atom. The van der Waals surface area contributed by atoms with Crippen molar-refractivity contribution >= 4 is 5.69 Å². The standard InChI is InChI=1S/C10H10N4O2/c15-14(16)10-3-1-9(2-4-10)5-6-13-7-11-12-8-13/h1-4,7-8H,5-6H2.